The third-order valence-electron chi connectivity index (χ3n) is 1.53. The van der Waals surface area contributed by atoms with Crippen molar-refractivity contribution >= 4 is 18.8 Å². The van der Waals surface area contributed by atoms with Crippen LogP contribution < -0.4 is 0 Å². The maximum atomic E-state index is 9.22. The number of fused-ring (bicyclic) bond motifs is 1. The Morgan fingerprint density at radius 2 is 1.77 bits per heavy atom. The minimum absolute atomic E-state index is 0. The maximum Gasteiger partial charge on any atom is 2.00 e. The zero-order chi connectivity index (χ0) is 15.1. The first-order valence-electron chi connectivity index (χ1n) is 5.23. The molecule has 120 valence electrons. The molecule has 2 aromatic heterocycles. The third-order valence-corrected chi connectivity index (χ3v) is 1.53. The van der Waals surface area contributed by atoms with Crippen molar-refractivity contribution in [1.29, 1.82) is 0 Å². The van der Waals surface area contributed by atoms with Gasteiger partial charge in [0.25, 0.3) is 0 Å². The van der Waals surface area contributed by atoms with Crippen LogP contribution in [-0.4, -0.2) is 29.3 Å². The van der Waals surface area contributed by atoms with Crippen LogP contribution in [0.15, 0.2) is 6.33 Å². The summed E-state index contributed by atoms with van der Waals surface area (Å²) >= 11 is 0. The minimum Gasteiger partial charge on any atom is -0.458 e. The fraction of sp³-hybridized carbons (Fsp3) is 0.273. The van der Waals surface area contributed by atoms with Crippen molar-refractivity contribution in [2.24, 2.45) is 0 Å². The van der Waals surface area contributed by atoms with Gasteiger partial charge < -0.3 is 35.7 Å². The summed E-state index contributed by atoms with van der Waals surface area (Å²) in [7, 11) is -0.195. The summed E-state index contributed by atoms with van der Waals surface area (Å²) in [4.78, 5) is 26.9. The Bertz CT molecular complexity index is 559. The zero-order valence-electron chi connectivity index (χ0n) is 12.5. The molecule has 0 atom stereocenters. The van der Waals surface area contributed by atoms with Crippen molar-refractivity contribution < 1.29 is 86.7 Å². The van der Waals surface area contributed by atoms with Gasteiger partial charge in [0, 0.05) is 68.8 Å². The minimum atomic E-state index is -3.89. The first kappa shape index (κ1) is 30.8. The van der Waals surface area contributed by atoms with E-state index < -0.39 is 7.60 Å². The molecule has 0 saturated heterocycles. The molecule has 0 fully saturated rings. The molecule has 7 nitrogen and oxygen atoms in total. The first-order valence-corrected chi connectivity index (χ1v) is 7.03. The van der Waals surface area contributed by atoms with Crippen LogP contribution in [0.2, 0.25) is 0 Å². The van der Waals surface area contributed by atoms with Gasteiger partial charge in [-0.25, -0.2) is 6.66 Å². The van der Waals surface area contributed by atoms with E-state index in [1.807, 2.05) is 27.2 Å². The van der Waals surface area contributed by atoms with Crippen LogP contribution in [0.1, 0.15) is 19.5 Å². The van der Waals surface area contributed by atoms with Crippen LogP contribution >= 0.6 is 7.60 Å². The van der Waals surface area contributed by atoms with E-state index >= 15 is 0 Å². The van der Waals surface area contributed by atoms with Crippen molar-refractivity contribution in [2.45, 2.75) is 20.8 Å². The molecule has 22 heavy (non-hydrogen) atoms. The maximum absolute atomic E-state index is 9.22. The summed E-state index contributed by atoms with van der Waals surface area (Å²) in [5.74, 6) is 0. The Balaban J connectivity index is -0.000000129. The second kappa shape index (κ2) is 15.5. The van der Waals surface area contributed by atoms with E-state index in [4.69, 9.17) is 9.79 Å². The summed E-state index contributed by atoms with van der Waals surface area (Å²) in [5.41, 5.74) is 2.34. The van der Waals surface area contributed by atoms with Crippen molar-refractivity contribution in [3.8, 4) is 0 Å². The monoisotopic (exact) mass is 608 g/mol. The SMILES string of the molecule is C[CH-]C.[CH2-]P(=O)(O)O.[CH2-]n1cnc2c(C)n[c-]nc21.[V].[W+2].[Y]. The first-order chi connectivity index (χ1) is 8.70. The Morgan fingerprint density at radius 1 is 1.36 bits per heavy atom. The van der Waals surface area contributed by atoms with Crippen LogP contribution in [0, 0.1) is 33.4 Å². The standard InChI is InChI=1S/C7H6N4.C3H7.CH4O3P.V.W.Y/c1-5-6-7(9-3-8-5)11(2)4-10-6;1-3-2;1-5(2,3)4;;;/h4H,2H2,1H3;3H,1-2H3;1H2,(H2,2,3,4);;;/q-2;2*-1;;+2;. The van der Waals surface area contributed by atoms with Gasteiger partial charge in [-0.2, -0.15) is 13.8 Å². The molecule has 2 rings (SSSR count). The number of rotatable bonds is 0. The Hall–Kier alpha value is 0.947. The molecule has 0 saturated carbocycles. The number of imidazole rings is 1. The molecule has 2 N–H and O–H groups in total. The smallest absolute Gasteiger partial charge is 0.458 e. The predicted octanol–water partition coefficient (Wildman–Crippen LogP) is 1.75. The fourth-order valence-electron chi connectivity index (χ4n) is 0.949. The molecule has 0 spiro atoms. The third kappa shape index (κ3) is 14.5. The molecule has 2 radical (unpaired) electrons. The molecule has 11 heteroatoms. The quantitative estimate of drug-likeness (QED) is 0.350. The average Bonchev–Trinajstić information content (AvgIpc) is 2.61. The van der Waals surface area contributed by atoms with Crippen LogP contribution in [0.5, 0.6) is 0 Å². The molecule has 0 amide bonds. The number of nitrogens with zero attached hydrogens (tertiary/aromatic N) is 4. The number of hydrogen-bond donors (Lipinski definition) is 2. The van der Waals surface area contributed by atoms with E-state index in [-0.39, 0.29) is 72.3 Å². The second-order valence-electron chi connectivity index (χ2n) is 3.54. The number of hydrogen-bond acceptors (Lipinski definition) is 4. The molecule has 2 heterocycles. The van der Waals surface area contributed by atoms with Gasteiger partial charge in [0.2, 0.25) is 0 Å². The van der Waals surface area contributed by atoms with Crippen LogP contribution in [0.4, 0.5) is 0 Å². The Morgan fingerprint density at radius 3 is 2.14 bits per heavy atom. The second-order valence-corrected chi connectivity index (χ2v) is 4.87. The van der Waals surface area contributed by atoms with Gasteiger partial charge in [0.1, 0.15) is 0 Å². The van der Waals surface area contributed by atoms with Gasteiger partial charge >= 0.3 is 21.1 Å². The normalized spacial score (nSPS) is 8.82. The van der Waals surface area contributed by atoms with E-state index in [1.54, 1.807) is 10.9 Å². The van der Waals surface area contributed by atoms with Crippen molar-refractivity contribution in [3.05, 3.63) is 38.5 Å². The summed E-state index contributed by atoms with van der Waals surface area (Å²) in [5, 5.41) is 0. The summed E-state index contributed by atoms with van der Waals surface area (Å²) in [6.07, 6.45) is 6.14. The van der Waals surface area contributed by atoms with Crippen LogP contribution in [0.3, 0.4) is 0 Å². The zero-order valence-corrected chi connectivity index (χ0v) is 20.6. The molecule has 2 aromatic rings. The van der Waals surface area contributed by atoms with Gasteiger partial charge in [0.05, 0.1) is 0 Å². The molecule has 0 unspecified atom stereocenters. The molecule has 0 aromatic carbocycles. The molecular weight excluding hydrogens is 591 g/mol. The van der Waals surface area contributed by atoms with Gasteiger partial charge in [0.15, 0.2) is 7.60 Å². The van der Waals surface area contributed by atoms with Crippen molar-refractivity contribution in [1.82, 2.24) is 19.5 Å². The van der Waals surface area contributed by atoms with E-state index in [2.05, 4.69) is 35.0 Å². The molecule has 0 aliphatic heterocycles. The number of aromatic nitrogens is 4. The van der Waals surface area contributed by atoms with Crippen LogP contribution in [0.25, 0.3) is 11.2 Å². The largest absolute Gasteiger partial charge is 2.00 e. The summed E-state index contributed by atoms with van der Waals surface area (Å²) < 4.78 is 10.8. The van der Waals surface area contributed by atoms with E-state index in [9.17, 15) is 4.57 Å². The molecule has 0 aliphatic rings. The topological polar surface area (TPSA) is 101 Å². The fourth-order valence-corrected chi connectivity index (χ4v) is 0.949. The molecule has 0 bridgehead atoms. The van der Waals surface area contributed by atoms with Gasteiger partial charge in [-0.3, -0.25) is 4.57 Å². The van der Waals surface area contributed by atoms with Crippen molar-refractivity contribution in [2.75, 3.05) is 0 Å². The van der Waals surface area contributed by atoms with E-state index in [1.165, 1.54) is 0 Å². The van der Waals surface area contributed by atoms with Crippen LogP contribution in [-0.2, 0) is 76.9 Å². The van der Waals surface area contributed by atoms with Gasteiger partial charge in [-0.05, 0) is 12.0 Å². The molecule has 0 aliphatic carbocycles. The predicted molar refractivity (Wildman–Crippen MR) is 72.7 cm³/mol. The Labute approximate surface area is 182 Å². The van der Waals surface area contributed by atoms with Gasteiger partial charge in [-0.1, -0.05) is 6.92 Å². The molecular formula is C11H17N4O3PVWY-2. The van der Waals surface area contributed by atoms with Gasteiger partial charge in [-0.15, -0.1) is 7.05 Å². The average molecular weight is 608 g/mol. The number of aryl methyl sites for hydroxylation is 1. The summed E-state index contributed by atoms with van der Waals surface area (Å²) in [6.45, 7) is 8.31. The van der Waals surface area contributed by atoms with E-state index in [0.717, 1.165) is 16.9 Å². The summed E-state index contributed by atoms with van der Waals surface area (Å²) in [6, 6.07) is 0. The van der Waals surface area contributed by atoms with E-state index in [0.29, 0.717) is 0 Å². The Kier molecular flexibility index (Phi) is 21.7. The van der Waals surface area contributed by atoms with Crippen molar-refractivity contribution in [3.63, 3.8) is 0 Å².